The van der Waals surface area contributed by atoms with E-state index < -0.39 is 17.5 Å². The molecule has 0 aromatic heterocycles. The molecule has 1 aliphatic heterocycles. The van der Waals surface area contributed by atoms with E-state index in [4.69, 9.17) is 4.74 Å². The highest BCUT2D eigenvalue weighted by Crippen LogP contribution is 2.19. The Morgan fingerprint density at radius 3 is 2.74 bits per heavy atom. The van der Waals surface area contributed by atoms with Crippen LogP contribution in [0.25, 0.3) is 0 Å². The number of carbonyl (C=O) groups is 1. The molecule has 1 fully saturated rings. The van der Waals surface area contributed by atoms with Gasteiger partial charge in [0.1, 0.15) is 0 Å². The van der Waals surface area contributed by atoms with Gasteiger partial charge >= 0.3 is 0 Å². The summed E-state index contributed by atoms with van der Waals surface area (Å²) in [7, 11) is 0. The molecule has 1 heterocycles. The molecule has 1 aromatic carbocycles. The van der Waals surface area contributed by atoms with Gasteiger partial charge in [0, 0.05) is 19.3 Å². The van der Waals surface area contributed by atoms with Crippen molar-refractivity contribution < 1.29 is 18.3 Å². The number of amides is 1. The summed E-state index contributed by atoms with van der Waals surface area (Å²) in [5.74, 6) is -2.36. The molecule has 1 N–H and O–H groups in total. The van der Waals surface area contributed by atoms with Gasteiger partial charge in [-0.1, -0.05) is 6.07 Å². The monoisotopic (exact) mass is 269 g/mol. The molecule has 1 aliphatic rings. The minimum absolute atomic E-state index is 0.0842. The van der Waals surface area contributed by atoms with Crippen molar-refractivity contribution in [2.75, 3.05) is 13.2 Å². The van der Waals surface area contributed by atoms with Crippen LogP contribution in [0.1, 0.15) is 30.1 Å². The van der Waals surface area contributed by atoms with Crippen LogP contribution in [0.4, 0.5) is 8.78 Å². The van der Waals surface area contributed by atoms with E-state index in [1.165, 1.54) is 12.1 Å². The number of hydrogen-bond donors (Lipinski definition) is 1. The molecule has 0 spiro atoms. The minimum Gasteiger partial charge on any atom is -0.381 e. The average molecular weight is 269 g/mol. The number of carbonyl (C=O) groups excluding carboxylic acids is 1. The average Bonchev–Trinajstić information content (AvgIpc) is 2.42. The summed E-state index contributed by atoms with van der Waals surface area (Å²) in [5.41, 5.74) is -0.251. The predicted molar refractivity (Wildman–Crippen MR) is 66.8 cm³/mol. The van der Waals surface area contributed by atoms with Crippen LogP contribution in [0.2, 0.25) is 0 Å². The zero-order valence-corrected chi connectivity index (χ0v) is 10.8. The summed E-state index contributed by atoms with van der Waals surface area (Å²) in [6.07, 6.45) is 1.74. The molecular weight excluding hydrogens is 252 g/mol. The summed E-state index contributed by atoms with van der Waals surface area (Å²) >= 11 is 0. The van der Waals surface area contributed by atoms with E-state index in [1.807, 2.05) is 6.92 Å². The van der Waals surface area contributed by atoms with Crippen molar-refractivity contribution in [2.45, 2.75) is 25.8 Å². The highest BCUT2D eigenvalue weighted by Gasteiger charge is 2.23. The van der Waals surface area contributed by atoms with E-state index >= 15 is 0 Å². The van der Waals surface area contributed by atoms with Gasteiger partial charge < -0.3 is 10.1 Å². The zero-order chi connectivity index (χ0) is 13.8. The van der Waals surface area contributed by atoms with Crippen LogP contribution in [0.3, 0.4) is 0 Å². The molecule has 1 aromatic rings. The maximum Gasteiger partial charge on any atom is 0.254 e. The molecule has 0 bridgehead atoms. The second kappa shape index (κ2) is 6.10. The van der Waals surface area contributed by atoms with Crippen LogP contribution in [-0.4, -0.2) is 25.2 Å². The Hall–Kier alpha value is -1.49. The van der Waals surface area contributed by atoms with E-state index in [9.17, 15) is 13.6 Å². The fourth-order valence-corrected chi connectivity index (χ4v) is 2.30. The quantitative estimate of drug-likeness (QED) is 0.915. The first kappa shape index (κ1) is 13.9. The number of halogens is 2. The molecular formula is C14H17F2NO2. The Morgan fingerprint density at radius 2 is 2.05 bits per heavy atom. The van der Waals surface area contributed by atoms with E-state index in [1.54, 1.807) is 0 Å². The maximum atomic E-state index is 13.5. The van der Waals surface area contributed by atoms with Crippen LogP contribution < -0.4 is 5.32 Å². The fourth-order valence-electron chi connectivity index (χ4n) is 2.30. The number of rotatable bonds is 3. The largest absolute Gasteiger partial charge is 0.381 e. The fraction of sp³-hybridized carbons (Fsp3) is 0.500. The lowest BCUT2D eigenvalue weighted by Gasteiger charge is -2.28. The minimum atomic E-state index is -1.10. The summed E-state index contributed by atoms with van der Waals surface area (Å²) in [5, 5.41) is 2.73. The van der Waals surface area contributed by atoms with E-state index in [0.717, 1.165) is 18.9 Å². The molecule has 1 unspecified atom stereocenters. The lowest BCUT2D eigenvalue weighted by Crippen LogP contribution is -2.40. The smallest absolute Gasteiger partial charge is 0.254 e. The van der Waals surface area contributed by atoms with Crippen molar-refractivity contribution in [3.05, 3.63) is 35.4 Å². The van der Waals surface area contributed by atoms with Gasteiger partial charge in [0.25, 0.3) is 5.91 Å². The van der Waals surface area contributed by atoms with Gasteiger partial charge in [-0.3, -0.25) is 4.79 Å². The highest BCUT2D eigenvalue weighted by molar-refractivity contribution is 5.94. The molecule has 2 rings (SSSR count). The molecule has 3 nitrogen and oxygen atoms in total. The molecule has 5 heteroatoms. The Balaban J connectivity index is 2.02. The van der Waals surface area contributed by atoms with E-state index in [0.29, 0.717) is 19.1 Å². The lowest BCUT2D eigenvalue weighted by atomic mass is 9.93. The Labute approximate surface area is 111 Å². The van der Waals surface area contributed by atoms with Gasteiger partial charge in [-0.15, -0.1) is 0 Å². The second-order valence-corrected chi connectivity index (χ2v) is 4.81. The van der Waals surface area contributed by atoms with Crippen molar-refractivity contribution in [2.24, 2.45) is 5.92 Å². The molecule has 1 saturated heterocycles. The van der Waals surface area contributed by atoms with E-state index in [-0.39, 0.29) is 11.6 Å². The van der Waals surface area contributed by atoms with Crippen LogP contribution >= 0.6 is 0 Å². The van der Waals surface area contributed by atoms with Crippen LogP contribution in [0, 0.1) is 17.6 Å². The third-order valence-corrected chi connectivity index (χ3v) is 3.53. The first-order valence-electron chi connectivity index (χ1n) is 6.42. The first-order valence-corrected chi connectivity index (χ1v) is 6.42. The summed E-state index contributed by atoms with van der Waals surface area (Å²) < 4.78 is 31.8. The number of ether oxygens (including phenoxy) is 1. The summed E-state index contributed by atoms with van der Waals surface area (Å²) in [4.78, 5) is 11.9. The third-order valence-electron chi connectivity index (χ3n) is 3.53. The normalized spacial score (nSPS) is 18.1. The third kappa shape index (κ3) is 3.29. The van der Waals surface area contributed by atoms with Gasteiger partial charge in [-0.05, 0) is 37.8 Å². The Morgan fingerprint density at radius 1 is 1.37 bits per heavy atom. The van der Waals surface area contributed by atoms with Gasteiger partial charge in [0.15, 0.2) is 11.6 Å². The molecule has 0 aliphatic carbocycles. The van der Waals surface area contributed by atoms with Crippen LogP contribution in [0.5, 0.6) is 0 Å². The van der Waals surface area contributed by atoms with Gasteiger partial charge in [0.2, 0.25) is 0 Å². The summed E-state index contributed by atoms with van der Waals surface area (Å²) in [6.45, 7) is 3.24. The number of hydrogen-bond acceptors (Lipinski definition) is 2. The van der Waals surface area contributed by atoms with Gasteiger partial charge in [0.05, 0.1) is 5.56 Å². The van der Waals surface area contributed by atoms with Crippen LogP contribution in [0.15, 0.2) is 18.2 Å². The molecule has 19 heavy (non-hydrogen) atoms. The highest BCUT2D eigenvalue weighted by atomic mass is 19.2. The van der Waals surface area contributed by atoms with Crippen molar-refractivity contribution in [1.82, 2.24) is 5.32 Å². The molecule has 0 saturated carbocycles. The Bertz CT molecular complexity index is 459. The number of benzene rings is 1. The predicted octanol–water partition coefficient (Wildman–Crippen LogP) is 2.51. The number of nitrogens with one attached hydrogen (secondary N) is 1. The Kier molecular flexibility index (Phi) is 4.47. The second-order valence-electron chi connectivity index (χ2n) is 4.81. The van der Waals surface area contributed by atoms with Crippen molar-refractivity contribution in [1.29, 1.82) is 0 Å². The first-order chi connectivity index (χ1) is 9.09. The topological polar surface area (TPSA) is 38.3 Å². The van der Waals surface area contributed by atoms with Crippen molar-refractivity contribution in [3.8, 4) is 0 Å². The van der Waals surface area contributed by atoms with Crippen molar-refractivity contribution >= 4 is 5.91 Å². The maximum absolute atomic E-state index is 13.5. The SMILES string of the molecule is CC(NC(=O)c1cccc(F)c1F)C1CCOCC1. The zero-order valence-electron chi connectivity index (χ0n) is 10.8. The van der Waals surface area contributed by atoms with Gasteiger partial charge in [-0.2, -0.15) is 0 Å². The van der Waals surface area contributed by atoms with Crippen molar-refractivity contribution in [3.63, 3.8) is 0 Å². The molecule has 1 atom stereocenters. The standard InChI is InChI=1S/C14H17F2NO2/c1-9(10-5-7-19-8-6-10)17-14(18)11-3-2-4-12(15)13(11)16/h2-4,9-10H,5-8H2,1H3,(H,17,18). The van der Waals surface area contributed by atoms with Gasteiger partial charge in [-0.25, -0.2) is 8.78 Å². The lowest BCUT2D eigenvalue weighted by molar-refractivity contribution is 0.0537. The molecule has 0 radical (unpaired) electrons. The molecule has 1 amide bonds. The summed E-state index contributed by atoms with van der Waals surface area (Å²) in [6, 6.07) is 3.52. The van der Waals surface area contributed by atoms with Crippen LogP contribution in [-0.2, 0) is 4.74 Å². The van der Waals surface area contributed by atoms with E-state index in [2.05, 4.69) is 5.32 Å². The molecule has 104 valence electrons.